The molecule has 1 heterocycles. The van der Waals surface area contributed by atoms with Crippen molar-refractivity contribution in [2.75, 3.05) is 19.6 Å². The van der Waals surface area contributed by atoms with E-state index in [1.54, 1.807) is 0 Å². The van der Waals surface area contributed by atoms with Crippen LogP contribution in [0, 0.1) is 5.92 Å². The van der Waals surface area contributed by atoms with Gasteiger partial charge in [-0.3, -0.25) is 9.59 Å². The molecule has 0 spiro atoms. The summed E-state index contributed by atoms with van der Waals surface area (Å²) in [6.07, 6.45) is 6.36. The van der Waals surface area contributed by atoms with E-state index in [0.717, 1.165) is 19.3 Å². The van der Waals surface area contributed by atoms with Crippen molar-refractivity contribution in [1.29, 1.82) is 0 Å². The van der Waals surface area contributed by atoms with Crippen LogP contribution in [0.25, 0.3) is 0 Å². The van der Waals surface area contributed by atoms with E-state index in [-0.39, 0.29) is 18.9 Å². The van der Waals surface area contributed by atoms with E-state index in [4.69, 9.17) is 10.2 Å². The maximum absolute atomic E-state index is 10.8. The van der Waals surface area contributed by atoms with Gasteiger partial charge in [-0.1, -0.05) is 12.2 Å². The summed E-state index contributed by atoms with van der Waals surface area (Å²) in [7, 11) is 0. The van der Waals surface area contributed by atoms with Crippen LogP contribution in [-0.2, 0) is 9.59 Å². The summed E-state index contributed by atoms with van der Waals surface area (Å²) in [6.45, 7) is 0.931. The number of hydrogen-bond donors (Lipinski definition) is 5. The van der Waals surface area contributed by atoms with Crippen LogP contribution in [0.2, 0.25) is 0 Å². The molecular formula is C12H22N4O4. The van der Waals surface area contributed by atoms with Crippen molar-refractivity contribution in [3.05, 3.63) is 12.2 Å². The zero-order valence-electron chi connectivity index (χ0n) is 11.3. The van der Waals surface area contributed by atoms with Crippen molar-refractivity contribution < 1.29 is 19.8 Å². The van der Waals surface area contributed by atoms with Crippen LogP contribution in [0.5, 0.6) is 0 Å². The number of carboxylic acid groups (broad SMARTS) is 2. The zero-order valence-corrected chi connectivity index (χ0v) is 11.3. The molecule has 0 amide bonds. The maximum atomic E-state index is 10.8. The van der Waals surface area contributed by atoms with Gasteiger partial charge in [0.25, 0.3) is 0 Å². The lowest BCUT2D eigenvalue weighted by atomic mass is 9.96. The standard InChI is InChI=1S/C12H22N4O4/c17-11(18)8-10-4-2-1-3-7-16(9-12(19)20)15-14-13-6-5-10/h1,3,10,13-15H,2,4-9H2,(H,17,18)(H,19,20)/b3-1-. The molecule has 0 fully saturated rings. The minimum atomic E-state index is -0.915. The minimum absolute atomic E-state index is 0.124. The summed E-state index contributed by atoms with van der Waals surface area (Å²) in [5, 5.41) is 19.1. The maximum Gasteiger partial charge on any atom is 0.319 e. The first-order chi connectivity index (χ1) is 9.58. The highest BCUT2D eigenvalue weighted by molar-refractivity contribution is 5.69. The monoisotopic (exact) mass is 286 g/mol. The highest BCUT2D eigenvalue weighted by Gasteiger charge is 2.13. The molecule has 1 aliphatic rings. The van der Waals surface area contributed by atoms with Crippen LogP contribution in [0.4, 0.5) is 0 Å². The van der Waals surface area contributed by atoms with Gasteiger partial charge < -0.3 is 10.2 Å². The van der Waals surface area contributed by atoms with E-state index in [0.29, 0.717) is 13.1 Å². The molecule has 0 aromatic carbocycles. The van der Waals surface area contributed by atoms with E-state index >= 15 is 0 Å². The Morgan fingerprint density at radius 1 is 1.20 bits per heavy atom. The third-order valence-electron chi connectivity index (χ3n) is 3.00. The average Bonchev–Trinajstić information content (AvgIpc) is 2.33. The zero-order chi connectivity index (χ0) is 14.8. The van der Waals surface area contributed by atoms with E-state index in [1.807, 2.05) is 12.2 Å². The van der Waals surface area contributed by atoms with Crippen LogP contribution < -0.4 is 16.5 Å². The summed E-state index contributed by atoms with van der Waals surface area (Å²) < 4.78 is 0. The van der Waals surface area contributed by atoms with E-state index < -0.39 is 11.9 Å². The number of hydrazine groups is 3. The Kier molecular flexibility index (Phi) is 7.81. The topological polar surface area (TPSA) is 114 Å². The molecule has 5 N–H and O–H groups in total. The van der Waals surface area contributed by atoms with E-state index in [2.05, 4.69) is 16.5 Å². The third kappa shape index (κ3) is 7.85. The highest BCUT2D eigenvalue weighted by atomic mass is 16.4. The van der Waals surface area contributed by atoms with Crippen LogP contribution in [0.3, 0.4) is 0 Å². The molecule has 20 heavy (non-hydrogen) atoms. The van der Waals surface area contributed by atoms with Gasteiger partial charge in [0, 0.05) is 19.5 Å². The lowest BCUT2D eigenvalue weighted by Crippen LogP contribution is -2.54. The van der Waals surface area contributed by atoms with Crippen molar-refractivity contribution in [2.45, 2.75) is 25.7 Å². The Morgan fingerprint density at radius 2 is 2.00 bits per heavy atom. The molecule has 0 aliphatic carbocycles. The summed E-state index contributed by atoms with van der Waals surface area (Å²) in [6, 6.07) is 0. The predicted octanol–water partition coefficient (Wildman–Crippen LogP) is -0.282. The fraction of sp³-hybridized carbons (Fsp3) is 0.667. The predicted molar refractivity (Wildman–Crippen MR) is 72.2 cm³/mol. The number of allylic oxidation sites excluding steroid dienone is 1. The Hall–Kier alpha value is -1.48. The molecule has 0 saturated carbocycles. The first-order valence-electron chi connectivity index (χ1n) is 6.65. The second-order valence-corrected chi connectivity index (χ2v) is 4.74. The second-order valence-electron chi connectivity index (χ2n) is 4.74. The van der Waals surface area contributed by atoms with Gasteiger partial charge in [0.2, 0.25) is 0 Å². The molecule has 1 aliphatic heterocycles. The van der Waals surface area contributed by atoms with Crippen molar-refractivity contribution >= 4 is 11.9 Å². The van der Waals surface area contributed by atoms with Gasteiger partial charge in [-0.05, 0) is 25.2 Å². The van der Waals surface area contributed by atoms with Crippen molar-refractivity contribution in [1.82, 2.24) is 21.5 Å². The van der Waals surface area contributed by atoms with E-state index in [9.17, 15) is 9.59 Å². The Bertz CT molecular complexity index is 348. The Labute approximate surface area is 117 Å². The lowest BCUT2D eigenvalue weighted by Gasteiger charge is -2.22. The number of nitrogens with one attached hydrogen (secondary N) is 3. The number of carbonyl (C=O) groups is 2. The molecule has 0 saturated heterocycles. The van der Waals surface area contributed by atoms with Gasteiger partial charge in [0.1, 0.15) is 6.54 Å². The fourth-order valence-corrected chi connectivity index (χ4v) is 2.02. The van der Waals surface area contributed by atoms with Gasteiger partial charge >= 0.3 is 11.9 Å². The molecule has 0 bridgehead atoms. The minimum Gasteiger partial charge on any atom is -0.481 e. The van der Waals surface area contributed by atoms with Gasteiger partial charge in [0.05, 0.1) is 0 Å². The molecule has 8 heteroatoms. The third-order valence-corrected chi connectivity index (χ3v) is 3.00. The van der Waals surface area contributed by atoms with Crippen LogP contribution >= 0.6 is 0 Å². The summed E-state index contributed by atoms with van der Waals surface area (Å²) in [4.78, 5) is 21.4. The molecule has 1 atom stereocenters. The molecule has 1 rings (SSSR count). The fourth-order valence-electron chi connectivity index (χ4n) is 2.02. The summed E-state index contributed by atoms with van der Waals surface area (Å²) >= 11 is 0. The number of aliphatic carboxylic acids is 2. The van der Waals surface area contributed by atoms with Crippen LogP contribution in [0.15, 0.2) is 12.2 Å². The van der Waals surface area contributed by atoms with Crippen molar-refractivity contribution in [2.24, 2.45) is 5.92 Å². The van der Waals surface area contributed by atoms with Crippen molar-refractivity contribution in [3.8, 4) is 0 Å². The number of rotatable bonds is 4. The quantitative estimate of drug-likeness (QED) is 0.448. The van der Waals surface area contributed by atoms with Crippen LogP contribution in [-0.4, -0.2) is 46.8 Å². The number of carboxylic acids is 2. The van der Waals surface area contributed by atoms with Gasteiger partial charge in [-0.15, -0.1) is 0 Å². The number of nitrogens with zero attached hydrogens (tertiary/aromatic N) is 1. The Balaban J connectivity index is 2.47. The highest BCUT2D eigenvalue weighted by Crippen LogP contribution is 2.15. The summed E-state index contributed by atoms with van der Waals surface area (Å²) in [5.74, 6) is -1.55. The average molecular weight is 286 g/mol. The normalized spacial score (nSPS) is 24.3. The smallest absolute Gasteiger partial charge is 0.319 e. The molecule has 0 aromatic rings. The molecule has 0 aromatic heterocycles. The first-order valence-corrected chi connectivity index (χ1v) is 6.65. The molecule has 0 radical (unpaired) electrons. The largest absolute Gasteiger partial charge is 0.481 e. The van der Waals surface area contributed by atoms with Gasteiger partial charge in [0.15, 0.2) is 0 Å². The van der Waals surface area contributed by atoms with Crippen LogP contribution in [0.1, 0.15) is 25.7 Å². The molecule has 1 unspecified atom stereocenters. The Morgan fingerprint density at radius 3 is 2.70 bits per heavy atom. The van der Waals surface area contributed by atoms with Gasteiger partial charge in [-0.25, -0.2) is 10.4 Å². The van der Waals surface area contributed by atoms with Gasteiger partial charge in [-0.2, -0.15) is 11.1 Å². The summed E-state index contributed by atoms with van der Waals surface area (Å²) in [5.41, 5.74) is 8.36. The first kappa shape index (κ1) is 16.6. The van der Waals surface area contributed by atoms with E-state index in [1.165, 1.54) is 5.01 Å². The molecule has 8 nitrogen and oxygen atoms in total. The number of hydrogen-bond acceptors (Lipinski definition) is 6. The van der Waals surface area contributed by atoms with Crippen molar-refractivity contribution in [3.63, 3.8) is 0 Å². The lowest BCUT2D eigenvalue weighted by molar-refractivity contribution is -0.139. The molecular weight excluding hydrogens is 264 g/mol. The second kappa shape index (κ2) is 9.43. The molecule has 114 valence electrons. The SMILES string of the molecule is O=C(O)CC1CC/C=C\CN(CC(=O)O)NNNCC1.